The number of quaternary nitrogens is 1. The highest BCUT2D eigenvalue weighted by molar-refractivity contribution is 5.44. The summed E-state index contributed by atoms with van der Waals surface area (Å²) in [7, 11) is 1.66. The highest BCUT2D eigenvalue weighted by Crippen LogP contribution is 2.34. The second-order valence-electron chi connectivity index (χ2n) is 7.75. The van der Waals surface area contributed by atoms with Gasteiger partial charge in [0.25, 0.3) is 0 Å². The summed E-state index contributed by atoms with van der Waals surface area (Å²) < 4.78 is 11.3. The van der Waals surface area contributed by atoms with Crippen molar-refractivity contribution in [1.82, 2.24) is 0 Å². The van der Waals surface area contributed by atoms with Crippen LogP contribution in [-0.2, 0) is 5.41 Å². The predicted octanol–water partition coefficient (Wildman–Crippen LogP) is 3.06. The van der Waals surface area contributed by atoms with E-state index in [1.54, 1.807) is 7.11 Å². The second-order valence-corrected chi connectivity index (χ2v) is 7.75. The lowest BCUT2D eigenvalue weighted by molar-refractivity contribution is -0.698. The van der Waals surface area contributed by atoms with E-state index in [4.69, 9.17) is 9.47 Å². The largest absolute Gasteiger partial charge is 0.497 e. The Morgan fingerprint density at radius 3 is 2.38 bits per heavy atom. The molecule has 2 aromatic rings. The third kappa shape index (κ3) is 5.75. The van der Waals surface area contributed by atoms with Crippen molar-refractivity contribution < 1.29 is 19.9 Å². The molecule has 142 valence electrons. The molecule has 4 heteroatoms. The van der Waals surface area contributed by atoms with Crippen molar-refractivity contribution in [3.8, 4) is 11.5 Å². The van der Waals surface area contributed by atoms with Gasteiger partial charge in [-0.2, -0.15) is 0 Å². The van der Waals surface area contributed by atoms with Crippen molar-refractivity contribution in [2.75, 3.05) is 20.3 Å². The first-order chi connectivity index (χ1) is 12.3. The standard InChI is InChI=1S/C22H31NO3/c1-16(17-9-7-6-8-10-17)23-14-18(24)15-26-21-12-11-19(25-5)13-20(21)22(2,3)4/h6-13,16,18,23-24H,14-15H2,1-5H3/p+1/t16-,18+/m0/s1. The van der Waals surface area contributed by atoms with Crippen molar-refractivity contribution in [3.05, 3.63) is 59.7 Å². The average molecular weight is 359 g/mol. The topological polar surface area (TPSA) is 55.3 Å². The van der Waals surface area contributed by atoms with Gasteiger partial charge in [-0.25, -0.2) is 0 Å². The molecule has 2 atom stereocenters. The number of aliphatic hydroxyl groups is 1. The van der Waals surface area contributed by atoms with Gasteiger partial charge in [-0.3, -0.25) is 0 Å². The van der Waals surface area contributed by atoms with E-state index in [1.807, 2.05) is 36.4 Å². The van der Waals surface area contributed by atoms with Crippen molar-refractivity contribution >= 4 is 0 Å². The minimum atomic E-state index is -0.531. The summed E-state index contributed by atoms with van der Waals surface area (Å²) in [5.41, 5.74) is 2.26. The fourth-order valence-corrected chi connectivity index (χ4v) is 2.86. The molecule has 0 amide bonds. The summed E-state index contributed by atoms with van der Waals surface area (Å²) in [6, 6.07) is 16.4. The highest BCUT2D eigenvalue weighted by atomic mass is 16.5. The van der Waals surface area contributed by atoms with Gasteiger partial charge in [-0.15, -0.1) is 0 Å². The lowest BCUT2D eigenvalue weighted by Crippen LogP contribution is -2.87. The first-order valence-corrected chi connectivity index (χ1v) is 9.19. The molecule has 0 saturated carbocycles. The fourth-order valence-electron chi connectivity index (χ4n) is 2.86. The first kappa shape index (κ1) is 20.3. The van der Waals surface area contributed by atoms with E-state index < -0.39 is 6.10 Å². The predicted molar refractivity (Wildman–Crippen MR) is 105 cm³/mol. The quantitative estimate of drug-likeness (QED) is 0.763. The smallest absolute Gasteiger partial charge is 0.137 e. The molecular formula is C22H32NO3+. The lowest BCUT2D eigenvalue weighted by Gasteiger charge is -2.24. The van der Waals surface area contributed by atoms with E-state index in [0.29, 0.717) is 12.6 Å². The summed E-state index contributed by atoms with van der Waals surface area (Å²) in [6.07, 6.45) is -0.531. The lowest BCUT2D eigenvalue weighted by atomic mass is 9.86. The first-order valence-electron chi connectivity index (χ1n) is 9.19. The number of benzene rings is 2. The molecule has 0 aliphatic heterocycles. The Morgan fingerprint density at radius 2 is 1.77 bits per heavy atom. The Labute approximate surface area is 157 Å². The normalized spacial score (nSPS) is 13.9. The number of ether oxygens (including phenoxy) is 2. The van der Waals surface area contributed by atoms with Crippen LogP contribution in [0.3, 0.4) is 0 Å². The summed E-state index contributed by atoms with van der Waals surface area (Å²) in [4.78, 5) is 0. The van der Waals surface area contributed by atoms with Crippen molar-refractivity contribution in [2.24, 2.45) is 0 Å². The Bertz CT molecular complexity index is 680. The van der Waals surface area contributed by atoms with Gasteiger partial charge in [0, 0.05) is 11.1 Å². The number of nitrogens with two attached hydrogens (primary N) is 1. The molecule has 3 N–H and O–H groups in total. The van der Waals surface area contributed by atoms with E-state index in [1.165, 1.54) is 5.56 Å². The average Bonchev–Trinajstić information content (AvgIpc) is 2.64. The number of hydrogen-bond acceptors (Lipinski definition) is 3. The highest BCUT2D eigenvalue weighted by Gasteiger charge is 2.21. The summed E-state index contributed by atoms with van der Waals surface area (Å²) >= 11 is 0. The molecule has 0 spiro atoms. The SMILES string of the molecule is COc1ccc(OC[C@H](O)C[NH2+][C@@H](C)c2ccccc2)c(C(C)(C)C)c1. The van der Waals surface area contributed by atoms with Gasteiger partial charge >= 0.3 is 0 Å². The van der Waals surface area contributed by atoms with Gasteiger partial charge in [0.05, 0.1) is 7.11 Å². The second kappa shape index (κ2) is 9.06. The van der Waals surface area contributed by atoms with Crippen LogP contribution >= 0.6 is 0 Å². The van der Waals surface area contributed by atoms with Crippen LogP contribution in [0.4, 0.5) is 0 Å². The molecular weight excluding hydrogens is 326 g/mol. The molecule has 0 radical (unpaired) electrons. The minimum Gasteiger partial charge on any atom is -0.497 e. The van der Waals surface area contributed by atoms with E-state index >= 15 is 0 Å². The van der Waals surface area contributed by atoms with Crippen LogP contribution in [0.25, 0.3) is 0 Å². The maximum atomic E-state index is 10.3. The van der Waals surface area contributed by atoms with Crippen molar-refractivity contribution in [3.63, 3.8) is 0 Å². The van der Waals surface area contributed by atoms with Crippen LogP contribution in [0, 0.1) is 0 Å². The van der Waals surface area contributed by atoms with Gasteiger partial charge in [-0.05, 0) is 30.5 Å². The van der Waals surface area contributed by atoms with E-state index in [2.05, 4.69) is 45.1 Å². The van der Waals surface area contributed by atoms with Gasteiger partial charge < -0.3 is 19.9 Å². The number of hydrogen-bond donors (Lipinski definition) is 2. The zero-order valence-electron chi connectivity index (χ0n) is 16.5. The van der Waals surface area contributed by atoms with Crippen LogP contribution in [0.2, 0.25) is 0 Å². The molecule has 0 fully saturated rings. The summed E-state index contributed by atoms with van der Waals surface area (Å²) in [6.45, 7) is 9.43. The third-order valence-electron chi connectivity index (χ3n) is 4.51. The van der Waals surface area contributed by atoms with Crippen LogP contribution in [-0.4, -0.2) is 31.5 Å². The number of methoxy groups -OCH3 is 1. The van der Waals surface area contributed by atoms with Crippen molar-refractivity contribution in [1.29, 1.82) is 0 Å². The molecule has 0 aliphatic rings. The summed E-state index contributed by atoms with van der Waals surface area (Å²) in [5, 5.41) is 12.5. The Hall–Kier alpha value is -2.04. The zero-order chi connectivity index (χ0) is 19.2. The van der Waals surface area contributed by atoms with Crippen molar-refractivity contribution in [2.45, 2.75) is 45.3 Å². The molecule has 0 aromatic heterocycles. The molecule has 2 rings (SSSR count). The van der Waals surface area contributed by atoms with Gasteiger partial charge in [-0.1, -0.05) is 51.1 Å². The molecule has 0 saturated heterocycles. The van der Waals surface area contributed by atoms with Crippen LogP contribution in [0.5, 0.6) is 11.5 Å². The van der Waals surface area contributed by atoms with Crippen LogP contribution in [0.15, 0.2) is 48.5 Å². The van der Waals surface area contributed by atoms with Gasteiger partial charge in [0.15, 0.2) is 0 Å². The van der Waals surface area contributed by atoms with Gasteiger partial charge in [0.2, 0.25) is 0 Å². The molecule has 0 unspecified atom stereocenters. The number of aliphatic hydroxyl groups excluding tert-OH is 1. The molecule has 0 heterocycles. The Kier molecular flexibility index (Phi) is 7.06. The van der Waals surface area contributed by atoms with E-state index in [9.17, 15) is 5.11 Å². The fraction of sp³-hybridized carbons (Fsp3) is 0.455. The monoisotopic (exact) mass is 358 g/mol. The molecule has 4 nitrogen and oxygen atoms in total. The molecule has 0 bridgehead atoms. The zero-order valence-corrected chi connectivity index (χ0v) is 16.5. The molecule has 26 heavy (non-hydrogen) atoms. The number of rotatable bonds is 8. The van der Waals surface area contributed by atoms with Gasteiger partial charge in [0.1, 0.15) is 36.8 Å². The van der Waals surface area contributed by atoms with Crippen LogP contribution < -0.4 is 14.8 Å². The maximum absolute atomic E-state index is 10.3. The molecule has 2 aromatic carbocycles. The van der Waals surface area contributed by atoms with E-state index in [0.717, 1.165) is 17.1 Å². The van der Waals surface area contributed by atoms with Crippen LogP contribution in [0.1, 0.15) is 44.9 Å². The Balaban J connectivity index is 1.92. The minimum absolute atomic E-state index is 0.0667. The Morgan fingerprint density at radius 1 is 1.08 bits per heavy atom. The van der Waals surface area contributed by atoms with E-state index in [-0.39, 0.29) is 12.0 Å². The maximum Gasteiger partial charge on any atom is 0.137 e. The third-order valence-corrected chi connectivity index (χ3v) is 4.51. The summed E-state index contributed by atoms with van der Waals surface area (Å²) in [5.74, 6) is 1.61. The molecule has 0 aliphatic carbocycles.